The Morgan fingerprint density at radius 2 is 1.78 bits per heavy atom. The largest absolute Gasteiger partial charge is 0.399 e. The van der Waals surface area contributed by atoms with E-state index < -0.39 is 0 Å². The second kappa shape index (κ2) is 6.40. The number of nitrogen functional groups attached to an aromatic ring is 1. The van der Waals surface area contributed by atoms with Gasteiger partial charge in [-0.15, -0.1) is 0 Å². The van der Waals surface area contributed by atoms with Crippen molar-refractivity contribution in [1.29, 1.82) is 0 Å². The van der Waals surface area contributed by atoms with E-state index in [1.165, 1.54) is 0 Å². The van der Waals surface area contributed by atoms with Gasteiger partial charge in [-0.2, -0.15) is 0 Å². The van der Waals surface area contributed by atoms with E-state index >= 15 is 0 Å². The summed E-state index contributed by atoms with van der Waals surface area (Å²) < 4.78 is 0. The lowest BCUT2D eigenvalue weighted by atomic mass is 10.0. The zero-order chi connectivity index (χ0) is 13.7. The molecule has 0 radical (unpaired) electrons. The van der Waals surface area contributed by atoms with Crippen molar-refractivity contribution in [3.8, 4) is 0 Å². The van der Waals surface area contributed by atoms with Gasteiger partial charge in [-0.3, -0.25) is 9.69 Å². The van der Waals surface area contributed by atoms with Crippen molar-refractivity contribution in [3.05, 3.63) is 29.8 Å². The summed E-state index contributed by atoms with van der Waals surface area (Å²) in [5.41, 5.74) is 12.9. The fourth-order valence-corrected chi connectivity index (χ4v) is 2.01. The first-order valence-corrected chi connectivity index (χ1v) is 6.28. The summed E-state index contributed by atoms with van der Waals surface area (Å²) in [6, 6.07) is 7.90. The SMILES string of the molecule is CC(C)CN(CC(N)=O)C(C)c1ccc(N)cc1. The van der Waals surface area contributed by atoms with Gasteiger partial charge in [0.05, 0.1) is 6.54 Å². The minimum absolute atomic E-state index is 0.153. The predicted octanol–water partition coefficient (Wildman–Crippen LogP) is 1.77. The number of rotatable bonds is 6. The molecule has 4 nitrogen and oxygen atoms in total. The number of hydrogen-bond donors (Lipinski definition) is 2. The van der Waals surface area contributed by atoms with Gasteiger partial charge in [-0.25, -0.2) is 0 Å². The number of nitrogens with zero attached hydrogens (tertiary/aromatic N) is 1. The number of amides is 1. The molecule has 0 aliphatic carbocycles. The standard InChI is InChI=1S/C14H23N3O/c1-10(2)8-17(9-14(16)18)11(3)12-4-6-13(15)7-5-12/h4-7,10-11H,8-9,15H2,1-3H3,(H2,16,18). The summed E-state index contributed by atoms with van der Waals surface area (Å²) in [7, 11) is 0. The Hall–Kier alpha value is -1.55. The average Bonchev–Trinajstić information content (AvgIpc) is 2.27. The quantitative estimate of drug-likeness (QED) is 0.755. The first-order chi connectivity index (χ1) is 8.40. The molecule has 0 spiro atoms. The molecule has 1 rings (SSSR count). The van der Waals surface area contributed by atoms with Gasteiger partial charge in [-0.05, 0) is 30.5 Å². The van der Waals surface area contributed by atoms with E-state index in [1.54, 1.807) is 0 Å². The number of primary amides is 1. The highest BCUT2D eigenvalue weighted by Gasteiger charge is 2.18. The van der Waals surface area contributed by atoms with E-state index in [2.05, 4.69) is 25.7 Å². The minimum Gasteiger partial charge on any atom is -0.399 e. The van der Waals surface area contributed by atoms with Gasteiger partial charge in [0, 0.05) is 18.3 Å². The topological polar surface area (TPSA) is 72.3 Å². The molecule has 0 fully saturated rings. The molecule has 100 valence electrons. The van der Waals surface area contributed by atoms with Gasteiger partial charge in [0.25, 0.3) is 0 Å². The third-order valence-electron chi connectivity index (χ3n) is 2.93. The fourth-order valence-electron chi connectivity index (χ4n) is 2.01. The lowest BCUT2D eigenvalue weighted by Crippen LogP contribution is -2.38. The predicted molar refractivity (Wildman–Crippen MR) is 74.9 cm³/mol. The Morgan fingerprint density at radius 3 is 2.22 bits per heavy atom. The molecule has 4 N–H and O–H groups in total. The van der Waals surface area contributed by atoms with Crippen LogP contribution in [0, 0.1) is 5.92 Å². The van der Waals surface area contributed by atoms with Gasteiger partial charge in [0.2, 0.25) is 5.91 Å². The van der Waals surface area contributed by atoms with Crippen molar-refractivity contribution in [2.24, 2.45) is 11.7 Å². The molecule has 0 saturated carbocycles. The number of carbonyl (C=O) groups excluding carboxylic acids is 1. The van der Waals surface area contributed by atoms with Gasteiger partial charge in [-0.1, -0.05) is 26.0 Å². The van der Waals surface area contributed by atoms with E-state index in [4.69, 9.17) is 11.5 Å². The van der Waals surface area contributed by atoms with Crippen LogP contribution in [0.4, 0.5) is 5.69 Å². The van der Waals surface area contributed by atoms with E-state index in [0.29, 0.717) is 5.92 Å². The maximum atomic E-state index is 11.1. The smallest absolute Gasteiger partial charge is 0.231 e. The number of anilines is 1. The molecule has 0 bridgehead atoms. The number of hydrogen-bond acceptors (Lipinski definition) is 3. The number of benzene rings is 1. The van der Waals surface area contributed by atoms with Crippen LogP contribution in [-0.2, 0) is 4.79 Å². The second-order valence-corrected chi connectivity index (χ2v) is 5.13. The molecule has 18 heavy (non-hydrogen) atoms. The summed E-state index contributed by atoms with van der Waals surface area (Å²) in [5.74, 6) is 0.193. The summed E-state index contributed by atoms with van der Waals surface area (Å²) in [5, 5.41) is 0. The van der Waals surface area contributed by atoms with Crippen LogP contribution in [0.5, 0.6) is 0 Å². The molecular weight excluding hydrogens is 226 g/mol. The van der Waals surface area contributed by atoms with Gasteiger partial charge >= 0.3 is 0 Å². The highest BCUT2D eigenvalue weighted by Crippen LogP contribution is 2.21. The number of nitrogens with two attached hydrogens (primary N) is 2. The zero-order valence-corrected chi connectivity index (χ0v) is 11.4. The summed E-state index contributed by atoms with van der Waals surface area (Å²) in [4.78, 5) is 13.2. The van der Waals surface area contributed by atoms with Crippen LogP contribution in [0.1, 0.15) is 32.4 Å². The Labute approximate surface area is 109 Å². The monoisotopic (exact) mass is 249 g/mol. The minimum atomic E-state index is -0.294. The Morgan fingerprint density at radius 1 is 1.22 bits per heavy atom. The lowest BCUT2D eigenvalue weighted by Gasteiger charge is -2.29. The third-order valence-corrected chi connectivity index (χ3v) is 2.93. The van der Waals surface area contributed by atoms with Crippen molar-refractivity contribution in [2.75, 3.05) is 18.8 Å². The second-order valence-electron chi connectivity index (χ2n) is 5.13. The van der Waals surface area contributed by atoms with Crippen molar-refractivity contribution in [1.82, 2.24) is 4.90 Å². The average molecular weight is 249 g/mol. The van der Waals surface area contributed by atoms with Gasteiger partial charge in [0.15, 0.2) is 0 Å². The van der Waals surface area contributed by atoms with E-state index in [-0.39, 0.29) is 18.5 Å². The highest BCUT2D eigenvalue weighted by atomic mass is 16.1. The first kappa shape index (κ1) is 14.5. The van der Waals surface area contributed by atoms with Crippen LogP contribution in [0.2, 0.25) is 0 Å². The lowest BCUT2D eigenvalue weighted by molar-refractivity contribution is -0.119. The molecule has 0 aliphatic heterocycles. The Bertz CT molecular complexity index is 387. The Balaban J connectivity index is 2.83. The van der Waals surface area contributed by atoms with Crippen LogP contribution in [-0.4, -0.2) is 23.9 Å². The summed E-state index contributed by atoms with van der Waals surface area (Å²) in [6.07, 6.45) is 0. The maximum Gasteiger partial charge on any atom is 0.231 e. The van der Waals surface area contributed by atoms with Crippen LogP contribution >= 0.6 is 0 Å². The van der Waals surface area contributed by atoms with Crippen LogP contribution in [0.3, 0.4) is 0 Å². The van der Waals surface area contributed by atoms with Crippen LogP contribution < -0.4 is 11.5 Å². The van der Waals surface area contributed by atoms with Crippen molar-refractivity contribution < 1.29 is 4.79 Å². The summed E-state index contributed by atoms with van der Waals surface area (Å²) >= 11 is 0. The molecule has 0 aliphatic rings. The van der Waals surface area contributed by atoms with Crippen LogP contribution in [0.25, 0.3) is 0 Å². The first-order valence-electron chi connectivity index (χ1n) is 6.28. The third kappa shape index (κ3) is 4.37. The molecule has 4 heteroatoms. The molecule has 1 atom stereocenters. The normalized spacial score (nSPS) is 12.9. The molecule has 1 aromatic carbocycles. The molecular formula is C14H23N3O. The molecule has 1 unspecified atom stereocenters. The zero-order valence-electron chi connectivity index (χ0n) is 11.4. The fraction of sp³-hybridized carbons (Fsp3) is 0.500. The molecule has 0 heterocycles. The molecule has 1 amide bonds. The van der Waals surface area contributed by atoms with Crippen molar-refractivity contribution >= 4 is 11.6 Å². The number of carbonyl (C=O) groups is 1. The maximum absolute atomic E-state index is 11.1. The van der Waals surface area contributed by atoms with Crippen molar-refractivity contribution in [3.63, 3.8) is 0 Å². The van der Waals surface area contributed by atoms with E-state index in [0.717, 1.165) is 17.8 Å². The van der Waals surface area contributed by atoms with Gasteiger partial charge < -0.3 is 11.5 Å². The van der Waals surface area contributed by atoms with E-state index in [9.17, 15) is 4.79 Å². The van der Waals surface area contributed by atoms with Crippen LogP contribution in [0.15, 0.2) is 24.3 Å². The summed E-state index contributed by atoms with van der Waals surface area (Å²) in [6.45, 7) is 7.46. The van der Waals surface area contributed by atoms with Crippen molar-refractivity contribution in [2.45, 2.75) is 26.8 Å². The molecule has 0 saturated heterocycles. The Kier molecular flexibility index (Phi) is 5.16. The van der Waals surface area contributed by atoms with E-state index in [1.807, 2.05) is 24.3 Å². The highest BCUT2D eigenvalue weighted by molar-refractivity contribution is 5.76. The van der Waals surface area contributed by atoms with Gasteiger partial charge in [0.1, 0.15) is 0 Å². The molecule has 0 aromatic heterocycles. The molecule has 1 aromatic rings.